The number of likely N-dealkylation sites (tertiary alicyclic amines) is 2. The fourth-order valence-electron chi connectivity index (χ4n) is 11.9. The fourth-order valence-corrected chi connectivity index (χ4v) is 13.1. The van der Waals surface area contributed by atoms with Gasteiger partial charge in [-0.3, -0.25) is 9.59 Å². The van der Waals surface area contributed by atoms with Crippen molar-refractivity contribution in [3.8, 4) is 28.3 Å². The molecule has 3 saturated heterocycles. The summed E-state index contributed by atoms with van der Waals surface area (Å²) in [5.41, 5.74) is 5.28. The van der Waals surface area contributed by atoms with Crippen molar-refractivity contribution in [3.05, 3.63) is 87.4 Å². The summed E-state index contributed by atoms with van der Waals surface area (Å²) < 4.78 is 39.7. The average Bonchev–Trinajstić information content (AvgIpc) is 4.10. The van der Waals surface area contributed by atoms with Crippen LogP contribution in [-0.2, 0) is 30.2 Å². The van der Waals surface area contributed by atoms with Crippen molar-refractivity contribution in [2.24, 2.45) is 11.8 Å². The summed E-state index contributed by atoms with van der Waals surface area (Å²) in [5.74, 6) is 1.09. The number of carbonyl (C=O) groups excluding carboxylic acids is 4. The number of ether oxygens (including phenoxy) is 4. The highest BCUT2D eigenvalue weighted by Crippen LogP contribution is 2.55. The molecule has 386 valence electrons. The molecule has 6 aliphatic rings. The van der Waals surface area contributed by atoms with Crippen molar-refractivity contribution in [3.63, 3.8) is 0 Å². The number of hydrogen-bond donors (Lipinski definition) is 4. The van der Waals surface area contributed by atoms with Crippen LogP contribution >= 0.6 is 11.3 Å². The Hall–Kier alpha value is -6.54. The highest BCUT2D eigenvalue weighted by Gasteiger charge is 2.46. The zero-order valence-electron chi connectivity index (χ0n) is 42.0. The Morgan fingerprint density at radius 1 is 0.795 bits per heavy atom. The first kappa shape index (κ1) is 48.7. The largest absolute Gasteiger partial charge is 0.465 e. The number of rotatable bonds is 12. The van der Waals surface area contributed by atoms with Gasteiger partial charge >= 0.3 is 12.2 Å². The molecule has 73 heavy (non-hydrogen) atoms. The molecule has 18 nitrogen and oxygen atoms in total. The number of nitrogens with one attached hydrogen (secondary N) is 4. The number of amides is 4. The number of hydrogen-bond acceptors (Lipinski definition) is 13. The first-order chi connectivity index (χ1) is 35.3. The molecule has 2 aromatic carbocycles. The van der Waals surface area contributed by atoms with E-state index in [2.05, 4.69) is 37.6 Å². The smallest absolute Gasteiger partial charge is 0.407 e. The van der Waals surface area contributed by atoms with Gasteiger partial charge in [0.1, 0.15) is 35.3 Å². The van der Waals surface area contributed by atoms with Gasteiger partial charge in [-0.15, -0.1) is 11.3 Å². The Bertz CT molecular complexity index is 2910. The van der Waals surface area contributed by atoms with Gasteiger partial charge in [0.15, 0.2) is 0 Å². The topological polar surface area (TPSA) is 209 Å². The van der Waals surface area contributed by atoms with Gasteiger partial charge in [-0.05, 0) is 119 Å². The van der Waals surface area contributed by atoms with Crippen LogP contribution in [0.25, 0.3) is 22.5 Å². The molecule has 3 aromatic heterocycles. The highest BCUT2D eigenvalue weighted by atomic mass is 32.1. The molecule has 20 heteroatoms. The summed E-state index contributed by atoms with van der Waals surface area (Å²) in [6, 6.07) is 7.08. The molecule has 0 bridgehead atoms. The predicted molar refractivity (Wildman–Crippen MR) is 268 cm³/mol. The lowest BCUT2D eigenvalue weighted by molar-refractivity contribution is -0.138. The van der Waals surface area contributed by atoms with Crippen molar-refractivity contribution < 1.29 is 42.5 Å². The Balaban J connectivity index is 0.863. The van der Waals surface area contributed by atoms with Gasteiger partial charge in [0.05, 0.1) is 83.8 Å². The van der Waals surface area contributed by atoms with Crippen LogP contribution < -0.4 is 20.3 Å². The minimum absolute atomic E-state index is 0.0480. The molecule has 1 aliphatic carbocycles. The number of H-pyrrole nitrogens is 2. The number of benzene rings is 2. The number of aromatic nitrogens is 5. The maximum absolute atomic E-state index is 17.0. The minimum Gasteiger partial charge on any atom is -0.465 e. The van der Waals surface area contributed by atoms with E-state index >= 15 is 4.39 Å². The van der Waals surface area contributed by atoms with E-state index in [1.807, 2.05) is 50.9 Å². The molecule has 5 aromatic rings. The summed E-state index contributed by atoms with van der Waals surface area (Å²) in [5, 5.41) is 6.65. The molecule has 4 amide bonds. The van der Waals surface area contributed by atoms with Crippen LogP contribution in [0.15, 0.2) is 48.9 Å². The summed E-state index contributed by atoms with van der Waals surface area (Å²) >= 11 is 1.65. The van der Waals surface area contributed by atoms with Crippen molar-refractivity contribution in [1.82, 2.24) is 45.4 Å². The zero-order valence-corrected chi connectivity index (χ0v) is 42.8. The van der Waals surface area contributed by atoms with Crippen LogP contribution in [0, 0.1) is 17.7 Å². The van der Waals surface area contributed by atoms with Crippen molar-refractivity contribution in [1.29, 1.82) is 0 Å². The molecule has 8 heterocycles. The van der Waals surface area contributed by atoms with Gasteiger partial charge in [0, 0.05) is 36.5 Å². The normalized spacial score (nSPS) is 25.2. The quantitative estimate of drug-likeness (QED) is 0.0925. The Kier molecular flexibility index (Phi) is 13.2. The maximum atomic E-state index is 17.0. The van der Waals surface area contributed by atoms with E-state index in [9.17, 15) is 19.2 Å². The molecule has 11 rings (SSSR count). The molecule has 4 fully saturated rings. The van der Waals surface area contributed by atoms with Gasteiger partial charge in [0.25, 0.3) is 0 Å². The van der Waals surface area contributed by atoms with E-state index in [1.54, 1.807) is 28.6 Å². The fraction of sp³-hybridized carbons (Fsp3) is 0.528. The second-order valence-corrected chi connectivity index (χ2v) is 22.0. The lowest BCUT2D eigenvalue weighted by Crippen LogP contribution is -2.54. The first-order valence-corrected chi connectivity index (χ1v) is 26.5. The average molecular weight is 1020 g/mol. The number of halogens is 1. The third-order valence-corrected chi connectivity index (χ3v) is 16.8. The summed E-state index contributed by atoms with van der Waals surface area (Å²) in [7, 11) is 2.58. The minimum atomic E-state index is -0.770. The Labute approximate surface area is 427 Å². The second-order valence-electron chi connectivity index (χ2n) is 20.9. The van der Waals surface area contributed by atoms with E-state index < -0.39 is 36.3 Å². The molecule has 5 aliphatic heterocycles. The highest BCUT2D eigenvalue weighted by molar-refractivity contribution is 7.11. The molecule has 1 saturated carbocycles. The number of aromatic amines is 2. The van der Waals surface area contributed by atoms with Crippen LogP contribution in [-0.4, -0.2) is 110 Å². The Morgan fingerprint density at radius 2 is 1.44 bits per heavy atom. The number of imidazole rings is 2. The summed E-state index contributed by atoms with van der Waals surface area (Å²) in [6.07, 6.45) is 10.4. The number of thiazole rings is 1. The molecule has 4 unspecified atom stereocenters. The van der Waals surface area contributed by atoms with Gasteiger partial charge in [0.2, 0.25) is 18.0 Å². The molecule has 0 radical (unpaired) electrons. The molecular weight excluding hydrogens is 956 g/mol. The van der Waals surface area contributed by atoms with Crippen LogP contribution in [0.4, 0.5) is 19.7 Å². The standard InChI is InChI=1S/C53H63FN10O8S/c1-26(2)44(60-52(67)69-5)49(65)62-15-7-9-38(62)47-56-24-36(59-47)31-20-34(54)43-40-21-32-19-30(13-14-37(32)64(40)51(72-41(43)22-31)42-25-57-48(73-42)29-11-12-29)35-23-55-46(58-35)39-10-8-16-63(39)50(66)45(61-53(68)70-6)33-17-27(3)71-28(4)18-33/h13-14,19-20,22-29,33,38-40,44-45,51H,7-12,15-18,21H2,1-6H3,(H,55,58)(H,56,59)(H,60,67)(H,61,68)/t27-,28+,33?,38-,39-,40?,44-,45?,51?/m0/s1. The number of alkyl carbamates (subject to hydrolysis) is 2. The third kappa shape index (κ3) is 9.29. The van der Waals surface area contributed by atoms with Crippen LogP contribution in [0.1, 0.15) is 142 Å². The van der Waals surface area contributed by atoms with Crippen molar-refractivity contribution in [2.45, 2.75) is 140 Å². The number of nitrogens with zero attached hydrogens (tertiary/aromatic N) is 6. The van der Waals surface area contributed by atoms with Crippen LogP contribution in [0.2, 0.25) is 0 Å². The number of fused-ring (bicyclic) bond motifs is 5. The van der Waals surface area contributed by atoms with E-state index in [0.717, 1.165) is 64.5 Å². The van der Waals surface area contributed by atoms with E-state index in [4.69, 9.17) is 33.9 Å². The summed E-state index contributed by atoms with van der Waals surface area (Å²) in [4.78, 5) is 81.1. The second kappa shape index (κ2) is 19.7. The van der Waals surface area contributed by atoms with Crippen LogP contribution in [0.3, 0.4) is 0 Å². The predicted octanol–water partition coefficient (Wildman–Crippen LogP) is 8.77. The maximum Gasteiger partial charge on any atom is 0.407 e. The van der Waals surface area contributed by atoms with Gasteiger partial charge in [-0.1, -0.05) is 19.9 Å². The van der Waals surface area contributed by atoms with Gasteiger partial charge in [-0.2, -0.15) is 0 Å². The monoisotopic (exact) mass is 1020 g/mol. The molecular formula is C53H63FN10O8S. The zero-order chi connectivity index (χ0) is 50.8. The SMILES string of the molecule is COC(=O)NC(C(=O)N1CCC[C@H]1c1ncc(-c2ccc3c(c2)CC2c4c(F)cc(-c5cnc([C@@H]6CCCN6C(=O)[C@@H](NC(=O)OC)C(C)C)[nH]5)cc4OC(c4cnc(C5CC5)s4)N32)[nH]1)C1C[C@@H](C)O[C@@H](C)C1. The summed E-state index contributed by atoms with van der Waals surface area (Å²) in [6.45, 7) is 8.79. The van der Waals surface area contributed by atoms with Crippen LogP contribution in [0.5, 0.6) is 5.75 Å². The van der Waals surface area contributed by atoms with E-state index in [-0.39, 0.29) is 54.0 Å². The van der Waals surface area contributed by atoms with Gasteiger partial charge < -0.3 is 54.2 Å². The van der Waals surface area contributed by atoms with Crippen molar-refractivity contribution in [2.75, 3.05) is 32.2 Å². The van der Waals surface area contributed by atoms with Crippen molar-refractivity contribution >= 4 is 41.0 Å². The van der Waals surface area contributed by atoms with Gasteiger partial charge in [-0.25, -0.2) is 28.9 Å². The lowest BCUT2D eigenvalue weighted by Gasteiger charge is -2.40. The molecule has 9 atom stereocenters. The number of carbonyl (C=O) groups is 4. The van der Waals surface area contributed by atoms with E-state index in [0.29, 0.717) is 78.9 Å². The van der Waals surface area contributed by atoms with E-state index in [1.165, 1.54) is 20.3 Å². The lowest BCUT2D eigenvalue weighted by atomic mass is 9.85. The Morgan fingerprint density at radius 3 is 2.08 bits per heavy atom. The molecule has 0 spiro atoms. The number of methoxy groups -OCH3 is 2. The first-order valence-electron chi connectivity index (χ1n) is 25.7. The number of anilines is 1. The third-order valence-electron chi connectivity index (χ3n) is 15.6. The molecule has 4 N–H and O–H groups in total.